The summed E-state index contributed by atoms with van der Waals surface area (Å²) in [7, 11) is -6.08. The first-order chi connectivity index (χ1) is 14.8. The molecule has 6 atom stereocenters. The lowest BCUT2D eigenvalue weighted by molar-refractivity contribution is -0.461. The Hall–Kier alpha value is -2.02. The Morgan fingerprint density at radius 2 is 1.64 bits per heavy atom. The number of rotatable bonds is 2. The highest BCUT2D eigenvalue weighted by Gasteiger charge is 2.94. The average molecular weight is 496 g/mol. The molecule has 0 aromatic rings. The summed E-state index contributed by atoms with van der Waals surface area (Å²) >= 11 is 0. The lowest BCUT2D eigenvalue weighted by Gasteiger charge is -2.81. The Balaban J connectivity index is 1.73. The van der Waals surface area contributed by atoms with Crippen LogP contribution < -0.4 is 0 Å². The number of cyclic esters (lactones) is 2. The van der Waals surface area contributed by atoms with Gasteiger partial charge in [-0.15, -0.1) is 0 Å². The van der Waals surface area contributed by atoms with E-state index in [4.69, 9.17) is 18.9 Å². The molecule has 2 saturated heterocycles. The normalized spacial score (nSPS) is 47.5. The first-order valence-corrected chi connectivity index (χ1v) is 11.8. The van der Waals surface area contributed by atoms with Gasteiger partial charge >= 0.3 is 27.6 Å². The summed E-state index contributed by atoms with van der Waals surface area (Å²) < 4.78 is 90.0. The average Bonchev–Trinajstić information content (AvgIpc) is 2.91. The van der Waals surface area contributed by atoms with E-state index in [1.807, 2.05) is 0 Å². The molecule has 3 heterocycles. The highest BCUT2D eigenvalue weighted by atomic mass is 32.2. The maximum atomic E-state index is 13.3. The lowest BCUT2D eigenvalue weighted by atomic mass is 9.27. The highest BCUT2D eigenvalue weighted by Crippen LogP contribution is 2.83. The van der Waals surface area contributed by atoms with Crippen LogP contribution in [0.25, 0.3) is 0 Å². The summed E-state index contributed by atoms with van der Waals surface area (Å²) in [5, 5.41) is 0. The van der Waals surface area contributed by atoms with Crippen molar-refractivity contribution in [2.24, 2.45) is 22.2 Å². The van der Waals surface area contributed by atoms with Crippen LogP contribution in [0.2, 0.25) is 0 Å². The van der Waals surface area contributed by atoms with Crippen molar-refractivity contribution in [3.8, 4) is 0 Å². The number of alkyl halides is 3. The summed E-state index contributed by atoms with van der Waals surface area (Å²) in [6, 6.07) is 0. The third-order valence-corrected chi connectivity index (χ3v) is 9.67. The molecule has 0 N–H and O–H groups in total. The Morgan fingerprint density at radius 1 is 1.00 bits per heavy atom. The van der Waals surface area contributed by atoms with Gasteiger partial charge in [-0.05, 0) is 26.7 Å². The summed E-state index contributed by atoms with van der Waals surface area (Å²) in [4.78, 5) is 26.1. The zero-order valence-corrected chi connectivity index (χ0v) is 19.3. The molecule has 33 heavy (non-hydrogen) atoms. The van der Waals surface area contributed by atoms with Gasteiger partial charge in [0.25, 0.3) is 5.95 Å². The number of carbonyl (C=O) groups excluding carboxylic acids is 2. The van der Waals surface area contributed by atoms with E-state index < -0.39 is 72.7 Å². The number of fused-ring (bicyclic) bond motifs is 1. The van der Waals surface area contributed by atoms with E-state index >= 15 is 0 Å². The number of ether oxygens (including phenoxy) is 4. The van der Waals surface area contributed by atoms with Crippen LogP contribution in [-0.4, -0.2) is 49.5 Å². The van der Waals surface area contributed by atoms with Gasteiger partial charge in [-0.3, -0.25) is 9.59 Å². The second-order valence-corrected chi connectivity index (χ2v) is 11.9. The van der Waals surface area contributed by atoms with Gasteiger partial charge in [0, 0.05) is 25.8 Å². The molecule has 2 spiro atoms. The van der Waals surface area contributed by atoms with Crippen LogP contribution in [0.5, 0.6) is 0 Å². The molecule has 2 saturated carbocycles. The predicted molar refractivity (Wildman–Crippen MR) is 99.9 cm³/mol. The lowest BCUT2D eigenvalue weighted by Crippen LogP contribution is -2.91. The molecule has 184 valence electrons. The van der Waals surface area contributed by atoms with Crippen molar-refractivity contribution in [1.82, 2.24) is 0 Å². The molecular formula is C20H23F3O9S. The van der Waals surface area contributed by atoms with Gasteiger partial charge in [-0.25, -0.2) is 0 Å². The SMILES string of the molecule is CC1(C)OC(=O)[C@@]2(C)[C@@H]3C=C(OS(=O)(=O)C(F)(F)F)O[C@]45COC(=O)[C@@]4(C)CC[C@@]2(O1)[C@]35C. The molecule has 0 radical (unpaired) electrons. The van der Waals surface area contributed by atoms with Crippen LogP contribution in [0.1, 0.15) is 47.5 Å². The fraction of sp³-hybridized carbons (Fsp3) is 0.800. The largest absolute Gasteiger partial charge is 0.534 e. The predicted octanol–water partition coefficient (Wildman–Crippen LogP) is 2.51. The van der Waals surface area contributed by atoms with Crippen molar-refractivity contribution in [1.29, 1.82) is 0 Å². The first kappa shape index (κ1) is 22.8. The zero-order chi connectivity index (χ0) is 24.7. The number of esters is 2. The molecule has 0 aromatic carbocycles. The van der Waals surface area contributed by atoms with Crippen LogP contribution in [0.15, 0.2) is 12.0 Å². The summed E-state index contributed by atoms with van der Waals surface area (Å²) in [5.74, 6) is -4.50. The van der Waals surface area contributed by atoms with Gasteiger partial charge in [-0.2, -0.15) is 21.6 Å². The van der Waals surface area contributed by atoms with E-state index in [-0.39, 0.29) is 19.4 Å². The first-order valence-electron chi connectivity index (χ1n) is 10.4. The number of hydrogen-bond donors (Lipinski definition) is 0. The monoisotopic (exact) mass is 496 g/mol. The molecule has 0 amide bonds. The Kier molecular flexibility index (Phi) is 3.87. The molecule has 13 heteroatoms. The second-order valence-electron chi connectivity index (χ2n) is 10.4. The Bertz CT molecular complexity index is 1130. The van der Waals surface area contributed by atoms with Gasteiger partial charge < -0.3 is 23.1 Å². The number of halogens is 3. The van der Waals surface area contributed by atoms with Crippen molar-refractivity contribution in [3.63, 3.8) is 0 Å². The van der Waals surface area contributed by atoms with E-state index in [0.29, 0.717) is 0 Å². The van der Waals surface area contributed by atoms with E-state index in [1.165, 1.54) is 0 Å². The number of hydrogen-bond acceptors (Lipinski definition) is 9. The summed E-state index contributed by atoms with van der Waals surface area (Å²) in [5.41, 5.74) is -12.5. The highest BCUT2D eigenvalue weighted by molar-refractivity contribution is 7.87. The van der Waals surface area contributed by atoms with Crippen LogP contribution in [-0.2, 0) is 42.8 Å². The van der Waals surface area contributed by atoms with Crippen molar-refractivity contribution in [2.75, 3.05) is 6.61 Å². The van der Waals surface area contributed by atoms with Crippen molar-refractivity contribution < 1.29 is 54.3 Å². The molecule has 5 rings (SSSR count). The molecule has 0 aromatic heterocycles. The standard InChI is InChI=1S/C20H23F3O9S/c1-14(2)30-13(25)16(4)10-8-11(31-33(26,27)20(21,22)23)29-19-9-28-12(24)15(19,3)6-7-18(16,32-14)17(10,19)5/h8,10H,6-7,9H2,1-5H3/t10-,15+,16+,17-,18-,19+/m0/s1. The van der Waals surface area contributed by atoms with Gasteiger partial charge in [-0.1, -0.05) is 6.92 Å². The van der Waals surface area contributed by atoms with Crippen LogP contribution in [0.3, 0.4) is 0 Å². The minimum Gasteiger partial charge on any atom is -0.461 e. The second kappa shape index (κ2) is 5.61. The molecule has 0 bridgehead atoms. The molecule has 0 unspecified atom stereocenters. The van der Waals surface area contributed by atoms with Crippen LogP contribution in [0.4, 0.5) is 13.2 Å². The van der Waals surface area contributed by atoms with E-state index in [1.54, 1.807) is 34.6 Å². The number of carbonyl (C=O) groups is 2. The molecule has 3 aliphatic heterocycles. The van der Waals surface area contributed by atoms with Crippen molar-refractivity contribution in [2.45, 2.75) is 70.0 Å². The molecular weight excluding hydrogens is 473 g/mol. The zero-order valence-electron chi connectivity index (χ0n) is 18.5. The van der Waals surface area contributed by atoms with Crippen molar-refractivity contribution >= 4 is 22.1 Å². The Morgan fingerprint density at radius 3 is 2.24 bits per heavy atom. The molecule has 5 aliphatic rings. The topological polar surface area (TPSA) is 114 Å². The summed E-state index contributed by atoms with van der Waals surface area (Å²) in [6.07, 6.45) is 1.41. The van der Waals surface area contributed by atoms with Crippen molar-refractivity contribution in [3.05, 3.63) is 12.0 Å². The van der Waals surface area contributed by atoms with Gasteiger partial charge in [0.05, 0.1) is 11.0 Å². The third kappa shape index (κ3) is 2.13. The molecule has 9 nitrogen and oxygen atoms in total. The van der Waals surface area contributed by atoms with Crippen LogP contribution in [0, 0.1) is 22.2 Å². The minimum absolute atomic E-state index is 0.117. The van der Waals surface area contributed by atoms with Gasteiger partial charge in [0.1, 0.15) is 17.4 Å². The van der Waals surface area contributed by atoms with E-state index in [2.05, 4.69) is 4.18 Å². The van der Waals surface area contributed by atoms with Gasteiger partial charge in [0.2, 0.25) is 5.79 Å². The quantitative estimate of drug-likeness (QED) is 0.323. The van der Waals surface area contributed by atoms with E-state index in [0.717, 1.165) is 6.08 Å². The smallest absolute Gasteiger partial charge is 0.461 e. The maximum absolute atomic E-state index is 13.3. The number of allylic oxidation sites excluding steroid dienone is 1. The van der Waals surface area contributed by atoms with E-state index in [9.17, 15) is 31.2 Å². The fourth-order valence-electron chi connectivity index (χ4n) is 7.19. The maximum Gasteiger partial charge on any atom is 0.534 e. The molecule has 4 fully saturated rings. The Labute approximate surface area is 187 Å². The third-order valence-electron chi connectivity index (χ3n) is 8.72. The van der Waals surface area contributed by atoms with Crippen LogP contribution >= 0.6 is 0 Å². The van der Waals surface area contributed by atoms with Gasteiger partial charge in [0.15, 0.2) is 5.60 Å². The summed E-state index contributed by atoms with van der Waals surface area (Å²) in [6.45, 7) is 7.59. The minimum atomic E-state index is -6.08. The molecule has 2 aliphatic carbocycles. The fourth-order valence-corrected chi connectivity index (χ4v) is 7.59.